The molecule has 0 saturated carbocycles. The van der Waals surface area contributed by atoms with Gasteiger partial charge in [0.15, 0.2) is 6.79 Å². The third-order valence-corrected chi connectivity index (χ3v) is 2.09. The maximum atomic E-state index is 9.13. The lowest BCUT2D eigenvalue weighted by atomic mass is 10.0. The van der Waals surface area contributed by atoms with Crippen molar-refractivity contribution < 1.29 is 19.7 Å². The normalized spacial score (nSPS) is 10.3. The summed E-state index contributed by atoms with van der Waals surface area (Å²) in [6.45, 7) is 0.132. The summed E-state index contributed by atoms with van der Waals surface area (Å²) in [6.07, 6.45) is 0.468. The van der Waals surface area contributed by atoms with Gasteiger partial charge in [-0.15, -0.1) is 0 Å². The molecule has 0 heterocycles. The monoisotopic (exact) mass is 212 g/mol. The van der Waals surface area contributed by atoms with Crippen LogP contribution in [-0.4, -0.2) is 30.7 Å². The summed E-state index contributed by atoms with van der Waals surface area (Å²) in [5, 5.41) is 18.0. The Bertz CT molecular complexity index is 299. The van der Waals surface area contributed by atoms with Gasteiger partial charge in [-0.1, -0.05) is 12.1 Å². The predicted molar refractivity (Wildman–Crippen MR) is 55.7 cm³/mol. The van der Waals surface area contributed by atoms with Crippen LogP contribution in [0.25, 0.3) is 0 Å². The fraction of sp³-hybridized carbons (Fsp3) is 0.455. The minimum absolute atomic E-state index is 0.0281. The molecule has 84 valence electrons. The summed E-state index contributed by atoms with van der Waals surface area (Å²) >= 11 is 0. The zero-order valence-corrected chi connectivity index (χ0v) is 8.77. The second-order valence-corrected chi connectivity index (χ2v) is 3.08. The van der Waals surface area contributed by atoms with E-state index >= 15 is 0 Å². The van der Waals surface area contributed by atoms with Gasteiger partial charge in [0, 0.05) is 19.3 Å². The van der Waals surface area contributed by atoms with Gasteiger partial charge in [-0.25, -0.2) is 0 Å². The molecule has 0 aromatic heterocycles. The van der Waals surface area contributed by atoms with E-state index in [1.54, 1.807) is 19.2 Å². The Hall–Kier alpha value is -1.10. The minimum atomic E-state index is -0.0560. The van der Waals surface area contributed by atoms with Gasteiger partial charge in [0.25, 0.3) is 0 Å². The number of hydrogen-bond acceptors (Lipinski definition) is 4. The zero-order valence-electron chi connectivity index (χ0n) is 8.77. The maximum Gasteiger partial charge on any atom is 0.188 e. The van der Waals surface area contributed by atoms with E-state index in [1.165, 1.54) is 0 Å². The molecule has 0 radical (unpaired) electrons. The standard InChI is InChI=1S/C11H16O4/c1-14-8-15-11-4-2-3-9(7-13)10(11)5-6-12/h2-4,12-13H,5-8H2,1H3. The maximum absolute atomic E-state index is 9.13. The van der Waals surface area contributed by atoms with Crippen molar-refractivity contribution in [3.63, 3.8) is 0 Å². The second kappa shape index (κ2) is 6.40. The van der Waals surface area contributed by atoms with Crippen molar-refractivity contribution in [3.8, 4) is 5.75 Å². The van der Waals surface area contributed by atoms with Crippen LogP contribution in [0.4, 0.5) is 0 Å². The Kier molecular flexibility index (Phi) is 5.10. The topological polar surface area (TPSA) is 58.9 Å². The summed E-state index contributed by atoms with van der Waals surface area (Å²) in [5.41, 5.74) is 1.61. The molecule has 0 bridgehead atoms. The summed E-state index contributed by atoms with van der Waals surface area (Å²) in [4.78, 5) is 0. The Morgan fingerprint density at radius 1 is 1.27 bits per heavy atom. The quantitative estimate of drug-likeness (QED) is 0.681. The van der Waals surface area contributed by atoms with Crippen molar-refractivity contribution in [2.45, 2.75) is 13.0 Å². The van der Waals surface area contributed by atoms with Crippen LogP contribution in [0.15, 0.2) is 18.2 Å². The van der Waals surface area contributed by atoms with Crippen molar-refractivity contribution in [2.24, 2.45) is 0 Å². The van der Waals surface area contributed by atoms with E-state index < -0.39 is 0 Å². The first kappa shape index (κ1) is 12.0. The van der Waals surface area contributed by atoms with Crippen molar-refractivity contribution in [2.75, 3.05) is 20.5 Å². The second-order valence-electron chi connectivity index (χ2n) is 3.08. The van der Waals surface area contributed by atoms with Gasteiger partial charge in [0.1, 0.15) is 5.75 Å². The Balaban J connectivity index is 2.90. The number of benzene rings is 1. The van der Waals surface area contributed by atoms with E-state index in [4.69, 9.17) is 19.7 Å². The average Bonchev–Trinajstić information content (AvgIpc) is 2.28. The van der Waals surface area contributed by atoms with Crippen molar-refractivity contribution in [1.29, 1.82) is 0 Å². The molecule has 0 aliphatic carbocycles. The molecule has 0 aliphatic rings. The molecule has 1 aromatic rings. The van der Waals surface area contributed by atoms with E-state index in [1.807, 2.05) is 6.07 Å². The molecule has 15 heavy (non-hydrogen) atoms. The molecule has 0 spiro atoms. The van der Waals surface area contributed by atoms with Crippen LogP contribution in [-0.2, 0) is 17.8 Å². The highest BCUT2D eigenvalue weighted by molar-refractivity contribution is 5.40. The molecule has 0 amide bonds. The summed E-state index contributed by atoms with van der Waals surface area (Å²) in [6, 6.07) is 5.41. The number of aliphatic hydroxyl groups excluding tert-OH is 2. The molecular formula is C11H16O4. The number of methoxy groups -OCH3 is 1. The Labute approximate surface area is 89.1 Å². The molecule has 0 saturated heterocycles. The van der Waals surface area contributed by atoms with Gasteiger partial charge in [0.05, 0.1) is 6.61 Å². The first-order valence-electron chi connectivity index (χ1n) is 4.77. The summed E-state index contributed by atoms with van der Waals surface area (Å²) in [5.74, 6) is 0.650. The highest BCUT2D eigenvalue weighted by Crippen LogP contribution is 2.23. The SMILES string of the molecule is COCOc1cccc(CO)c1CCO. The van der Waals surface area contributed by atoms with Crippen LogP contribution >= 0.6 is 0 Å². The first-order valence-corrected chi connectivity index (χ1v) is 4.77. The van der Waals surface area contributed by atoms with Crippen LogP contribution < -0.4 is 4.74 Å². The minimum Gasteiger partial charge on any atom is -0.467 e. The van der Waals surface area contributed by atoms with Gasteiger partial charge in [-0.3, -0.25) is 0 Å². The van der Waals surface area contributed by atoms with Crippen molar-refractivity contribution >= 4 is 0 Å². The molecule has 0 atom stereocenters. The lowest BCUT2D eigenvalue weighted by Gasteiger charge is -2.13. The predicted octanol–water partition coefficient (Wildman–Crippen LogP) is 0.696. The Morgan fingerprint density at radius 3 is 2.67 bits per heavy atom. The van der Waals surface area contributed by atoms with Gasteiger partial charge < -0.3 is 19.7 Å². The number of rotatable bonds is 6. The van der Waals surface area contributed by atoms with E-state index in [0.717, 1.165) is 11.1 Å². The lowest BCUT2D eigenvalue weighted by molar-refractivity contribution is 0.0501. The molecule has 0 unspecified atom stereocenters. The molecule has 4 heteroatoms. The van der Waals surface area contributed by atoms with Crippen LogP contribution in [0, 0.1) is 0 Å². The van der Waals surface area contributed by atoms with Gasteiger partial charge in [-0.2, -0.15) is 0 Å². The first-order chi connectivity index (χ1) is 7.33. The number of hydrogen-bond donors (Lipinski definition) is 2. The van der Waals surface area contributed by atoms with Crippen molar-refractivity contribution in [3.05, 3.63) is 29.3 Å². The zero-order chi connectivity index (χ0) is 11.1. The largest absolute Gasteiger partial charge is 0.467 e. The molecule has 1 aromatic carbocycles. The van der Waals surface area contributed by atoms with Crippen LogP contribution in [0.5, 0.6) is 5.75 Å². The van der Waals surface area contributed by atoms with E-state index in [9.17, 15) is 0 Å². The Morgan fingerprint density at radius 2 is 2.07 bits per heavy atom. The number of aliphatic hydroxyl groups is 2. The molecular weight excluding hydrogens is 196 g/mol. The average molecular weight is 212 g/mol. The van der Waals surface area contributed by atoms with E-state index in [2.05, 4.69) is 0 Å². The van der Waals surface area contributed by atoms with Crippen LogP contribution in [0.2, 0.25) is 0 Å². The van der Waals surface area contributed by atoms with E-state index in [0.29, 0.717) is 12.2 Å². The van der Waals surface area contributed by atoms with Crippen LogP contribution in [0.1, 0.15) is 11.1 Å². The molecule has 0 fully saturated rings. The highest BCUT2D eigenvalue weighted by Gasteiger charge is 2.08. The third kappa shape index (κ3) is 3.20. The third-order valence-electron chi connectivity index (χ3n) is 2.09. The smallest absolute Gasteiger partial charge is 0.188 e. The fourth-order valence-electron chi connectivity index (χ4n) is 1.41. The summed E-state index contributed by atoms with van der Waals surface area (Å²) < 4.78 is 10.1. The van der Waals surface area contributed by atoms with E-state index in [-0.39, 0.29) is 20.0 Å². The summed E-state index contributed by atoms with van der Waals surface area (Å²) in [7, 11) is 1.54. The van der Waals surface area contributed by atoms with Crippen molar-refractivity contribution in [1.82, 2.24) is 0 Å². The highest BCUT2D eigenvalue weighted by atomic mass is 16.7. The van der Waals surface area contributed by atoms with Gasteiger partial charge >= 0.3 is 0 Å². The number of ether oxygens (including phenoxy) is 2. The molecule has 2 N–H and O–H groups in total. The molecule has 0 aliphatic heterocycles. The van der Waals surface area contributed by atoms with Crippen LogP contribution in [0.3, 0.4) is 0 Å². The molecule has 4 nitrogen and oxygen atoms in total. The molecule has 1 rings (SSSR count). The van der Waals surface area contributed by atoms with Gasteiger partial charge in [-0.05, 0) is 18.1 Å². The van der Waals surface area contributed by atoms with Gasteiger partial charge in [0.2, 0.25) is 0 Å². The fourth-order valence-corrected chi connectivity index (χ4v) is 1.41. The lowest BCUT2D eigenvalue weighted by Crippen LogP contribution is -2.05.